The summed E-state index contributed by atoms with van der Waals surface area (Å²) in [5.74, 6) is 2.44. The molecule has 1 saturated heterocycles. The van der Waals surface area contributed by atoms with Gasteiger partial charge in [-0.1, -0.05) is 0 Å². The number of carbonyl (C=O) groups is 1. The van der Waals surface area contributed by atoms with Crippen molar-refractivity contribution in [2.75, 3.05) is 33.1 Å². The number of fused-ring (bicyclic) bond motifs is 1. The number of benzene rings is 1. The van der Waals surface area contributed by atoms with E-state index in [1.807, 2.05) is 6.07 Å². The van der Waals surface area contributed by atoms with Gasteiger partial charge in [0.2, 0.25) is 0 Å². The molecule has 0 bridgehead atoms. The van der Waals surface area contributed by atoms with E-state index in [1.54, 1.807) is 20.3 Å². The molecule has 1 aromatic carbocycles. The van der Waals surface area contributed by atoms with Crippen molar-refractivity contribution in [1.29, 1.82) is 0 Å². The minimum absolute atomic E-state index is 0.0174. The van der Waals surface area contributed by atoms with Crippen molar-refractivity contribution < 1.29 is 19.0 Å². The molecule has 1 fully saturated rings. The monoisotopic (exact) mass is 449 g/mol. The molecule has 1 amide bonds. The van der Waals surface area contributed by atoms with Gasteiger partial charge >= 0.3 is 171 Å². The Morgan fingerprint density at radius 3 is 2.82 bits per heavy atom. The summed E-state index contributed by atoms with van der Waals surface area (Å²) in [4.78, 5) is 20.9. The molecule has 0 aliphatic carbocycles. The molecule has 9 heteroatoms. The van der Waals surface area contributed by atoms with Crippen LogP contribution in [0.1, 0.15) is 25.1 Å². The average molecular weight is 449 g/mol. The Hall–Kier alpha value is -2.05. The van der Waals surface area contributed by atoms with E-state index >= 15 is 0 Å². The third kappa shape index (κ3) is 5.06. The predicted octanol–water partition coefficient (Wildman–Crippen LogP) is 1.54. The first-order valence-corrected chi connectivity index (χ1v) is 12.0. The molecule has 1 unspecified atom stereocenters. The van der Waals surface area contributed by atoms with Gasteiger partial charge < -0.3 is 0 Å². The summed E-state index contributed by atoms with van der Waals surface area (Å²) in [6.07, 6.45) is 2.50. The maximum absolute atomic E-state index is 11.9. The Bertz CT molecular complexity index is 827. The molecule has 0 spiro atoms. The molecule has 151 valence electrons. The van der Waals surface area contributed by atoms with Crippen LogP contribution in [-0.2, 0) is 14.7 Å². The second kappa shape index (κ2) is 9.94. The number of nitrogens with one attached hydrogen (secondary N) is 1. The van der Waals surface area contributed by atoms with Crippen LogP contribution in [0.15, 0.2) is 12.1 Å². The number of ether oxygens (including phenoxy) is 3. The molecule has 1 radical (unpaired) electrons. The van der Waals surface area contributed by atoms with Crippen molar-refractivity contribution in [3.8, 4) is 11.5 Å². The molecule has 1 aliphatic rings. The summed E-state index contributed by atoms with van der Waals surface area (Å²) >= 11 is 0.0455. The molecule has 3 N–H and O–H groups in total. The fourth-order valence-electron chi connectivity index (χ4n) is 3.08. The third-order valence-corrected chi connectivity index (χ3v) is 6.93. The maximum atomic E-state index is 11.9. The van der Waals surface area contributed by atoms with Crippen molar-refractivity contribution in [3.63, 3.8) is 0 Å². The molecule has 3 rings (SSSR count). The standard InChI is InChI=1S/C19H26AsN4O4/c1-26-15-9-12-13(10-16(15)27-2)23-17(24-18(12)21)11-20-6-4-7-22-19(25)14-5-3-8-28-14/h9-10,14H,3-8,11H2,1-2H3,(H,22,25)(H2,21,23,24). The number of carbonyl (C=O) groups excluding carboxylic acids is 1. The third-order valence-electron chi connectivity index (χ3n) is 4.54. The molecule has 2 heterocycles. The van der Waals surface area contributed by atoms with Gasteiger partial charge in [-0.2, -0.15) is 0 Å². The van der Waals surface area contributed by atoms with Crippen molar-refractivity contribution in [2.24, 2.45) is 0 Å². The van der Waals surface area contributed by atoms with Crippen molar-refractivity contribution in [2.45, 2.75) is 35.8 Å². The summed E-state index contributed by atoms with van der Waals surface area (Å²) in [5.41, 5.74) is 6.88. The van der Waals surface area contributed by atoms with Crippen molar-refractivity contribution in [3.05, 3.63) is 18.0 Å². The van der Waals surface area contributed by atoms with Crippen molar-refractivity contribution >= 4 is 38.4 Å². The van der Waals surface area contributed by atoms with Gasteiger partial charge in [-0.05, 0) is 0 Å². The second-order valence-electron chi connectivity index (χ2n) is 6.50. The number of aromatic nitrogens is 2. The van der Waals surface area contributed by atoms with Crippen LogP contribution in [-0.4, -0.2) is 65.1 Å². The van der Waals surface area contributed by atoms with E-state index in [0.717, 1.165) is 46.4 Å². The van der Waals surface area contributed by atoms with E-state index in [0.29, 0.717) is 30.5 Å². The number of hydrogen-bond acceptors (Lipinski definition) is 7. The normalized spacial score (nSPS) is 16.7. The number of nitrogens with two attached hydrogens (primary N) is 1. The summed E-state index contributed by atoms with van der Waals surface area (Å²) in [6.45, 7) is 1.38. The number of hydrogen-bond donors (Lipinski definition) is 2. The Morgan fingerprint density at radius 2 is 2.11 bits per heavy atom. The van der Waals surface area contributed by atoms with Crippen LogP contribution in [0.3, 0.4) is 0 Å². The van der Waals surface area contributed by atoms with E-state index in [1.165, 1.54) is 0 Å². The molecule has 0 saturated carbocycles. The van der Waals surface area contributed by atoms with Gasteiger partial charge in [-0.25, -0.2) is 0 Å². The van der Waals surface area contributed by atoms with Gasteiger partial charge in [0.05, 0.1) is 0 Å². The Balaban J connectivity index is 1.49. The Morgan fingerprint density at radius 1 is 1.32 bits per heavy atom. The fraction of sp³-hybridized carbons (Fsp3) is 0.526. The van der Waals surface area contributed by atoms with Crippen LogP contribution in [0.4, 0.5) is 5.82 Å². The van der Waals surface area contributed by atoms with Crippen LogP contribution >= 0.6 is 0 Å². The minimum atomic E-state index is -0.252. The molecule has 1 atom stereocenters. The number of amides is 1. The second-order valence-corrected chi connectivity index (χ2v) is 9.04. The number of anilines is 1. The summed E-state index contributed by atoms with van der Waals surface area (Å²) in [7, 11) is 3.18. The van der Waals surface area contributed by atoms with E-state index in [-0.39, 0.29) is 27.8 Å². The molecule has 28 heavy (non-hydrogen) atoms. The molecule has 1 aromatic heterocycles. The molecule has 1 aliphatic heterocycles. The first-order valence-electron chi connectivity index (χ1n) is 9.33. The first kappa shape index (κ1) is 20.7. The van der Waals surface area contributed by atoms with Crippen LogP contribution in [0.5, 0.6) is 11.5 Å². The summed E-state index contributed by atoms with van der Waals surface area (Å²) in [6, 6.07) is 3.63. The molecular formula is C19H26AsN4O4. The van der Waals surface area contributed by atoms with E-state index in [4.69, 9.17) is 19.9 Å². The van der Waals surface area contributed by atoms with Gasteiger partial charge in [-0.15, -0.1) is 0 Å². The Labute approximate surface area is 171 Å². The Kier molecular flexibility index (Phi) is 7.34. The summed E-state index contributed by atoms with van der Waals surface area (Å²) < 4.78 is 16.0. The quantitative estimate of drug-likeness (QED) is 0.442. The van der Waals surface area contributed by atoms with Crippen LogP contribution < -0.4 is 20.5 Å². The number of methoxy groups -OCH3 is 2. The van der Waals surface area contributed by atoms with Gasteiger partial charge in [0.15, 0.2) is 0 Å². The number of nitrogens with zero attached hydrogens (tertiary/aromatic N) is 2. The van der Waals surface area contributed by atoms with Crippen LogP contribution in [0.2, 0.25) is 5.21 Å². The first-order chi connectivity index (χ1) is 13.6. The fourth-order valence-corrected chi connectivity index (χ4v) is 4.93. The van der Waals surface area contributed by atoms with Crippen LogP contribution in [0.25, 0.3) is 10.9 Å². The van der Waals surface area contributed by atoms with E-state index in [2.05, 4.69) is 15.3 Å². The van der Waals surface area contributed by atoms with E-state index in [9.17, 15) is 4.79 Å². The predicted molar refractivity (Wildman–Crippen MR) is 108 cm³/mol. The zero-order chi connectivity index (χ0) is 19.9. The molecule has 8 nitrogen and oxygen atoms in total. The summed E-state index contributed by atoms with van der Waals surface area (Å²) in [5, 5.41) is 5.60. The topological polar surface area (TPSA) is 109 Å². The van der Waals surface area contributed by atoms with E-state index < -0.39 is 0 Å². The van der Waals surface area contributed by atoms with Gasteiger partial charge in [0.1, 0.15) is 0 Å². The number of nitrogen functional groups attached to an aromatic ring is 1. The zero-order valence-corrected chi connectivity index (χ0v) is 18.1. The zero-order valence-electron chi connectivity index (χ0n) is 16.2. The van der Waals surface area contributed by atoms with Gasteiger partial charge in [0, 0.05) is 0 Å². The molecule has 2 aromatic rings. The van der Waals surface area contributed by atoms with Gasteiger partial charge in [0.25, 0.3) is 0 Å². The number of rotatable bonds is 9. The SMILES string of the molecule is COc1cc2nc(C[As]CCCNC(=O)C3CCCO3)nc(N)c2cc1OC. The van der Waals surface area contributed by atoms with Crippen molar-refractivity contribution in [1.82, 2.24) is 15.3 Å². The average Bonchev–Trinajstić information content (AvgIpc) is 3.24. The molecular weight excluding hydrogens is 423 g/mol. The van der Waals surface area contributed by atoms with Crippen LogP contribution in [0, 0.1) is 0 Å². The van der Waals surface area contributed by atoms with Gasteiger partial charge in [-0.3, -0.25) is 0 Å².